The third-order valence-corrected chi connectivity index (χ3v) is 4.91. The number of fused-ring (bicyclic) bond motifs is 1. The average molecular weight is 430 g/mol. The highest BCUT2D eigenvalue weighted by Gasteiger charge is 2.29. The maximum atomic E-state index is 13.0. The van der Waals surface area contributed by atoms with Crippen LogP contribution >= 0.6 is 0 Å². The fourth-order valence-corrected chi connectivity index (χ4v) is 3.37. The van der Waals surface area contributed by atoms with E-state index in [1.54, 1.807) is 12.1 Å². The van der Waals surface area contributed by atoms with Gasteiger partial charge in [-0.15, -0.1) is 0 Å². The summed E-state index contributed by atoms with van der Waals surface area (Å²) in [4.78, 5) is 41.1. The van der Waals surface area contributed by atoms with Gasteiger partial charge in [0.1, 0.15) is 11.3 Å². The number of aliphatic imine (C=N–C) groups is 1. The van der Waals surface area contributed by atoms with Gasteiger partial charge in [-0.1, -0.05) is 48.5 Å². The molecule has 0 saturated carbocycles. The number of nitro benzene ring substituents is 1. The predicted octanol–water partition coefficient (Wildman–Crippen LogP) is 3.15. The Bertz CT molecular complexity index is 1240. The van der Waals surface area contributed by atoms with Gasteiger partial charge in [0.25, 0.3) is 17.5 Å². The quantitative estimate of drug-likeness (QED) is 0.475. The van der Waals surface area contributed by atoms with Crippen LogP contribution in [0.15, 0.2) is 77.8 Å². The largest absolute Gasteiger partial charge is 0.497 e. The predicted molar refractivity (Wildman–Crippen MR) is 118 cm³/mol. The molecule has 2 amide bonds. The van der Waals surface area contributed by atoms with Crippen molar-refractivity contribution >= 4 is 28.9 Å². The van der Waals surface area contributed by atoms with Gasteiger partial charge in [-0.05, 0) is 18.2 Å². The Balaban J connectivity index is 1.75. The lowest BCUT2D eigenvalue weighted by molar-refractivity contribution is -0.385. The molecule has 0 radical (unpaired) electrons. The number of benzodiazepines with no additional fused rings is 1. The molecule has 0 aliphatic carbocycles. The molecule has 3 aromatic rings. The van der Waals surface area contributed by atoms with Gasteiger partial charge < -0.3 is 15.4 Å². The van der Waals surface area contributed by atoms with Crippen LogP contribution in [-0.2, 0) is 4.79 Å². The van der Waals surface area contributed by atoms with Gasteiger partial charge in [0.05, 0.1) is 23.4 Å². The maximum Gasteiger partial charge on any atom is 0.282 e. The van der Waals surface area contributed by atoms with Crippen molar-refractivity contribution in [1.29, 1.82) is 0 Å². The molecular weight excluding hydrogens is 412 g/mol. The van der Waals surface area contributed by atoms with E-state index in [0.717, 1.165) is 5.56 Å². The molecule has 0 saturated heterocycles. The molecule has 1 heterocycles. The Morgan fingerprint density at radius 1 is 1.09 bits per heavy atom. The first kappa shape index (κ1) is 20.7. The van der Waals surface area contributed by atoms with Crippen molar-refractivity contribution in [2.75, 3.05) is 12.4 Å². The van der Waals surface area contributed by atoms with Crippen LogP contribution in [0.3, 0.4) is 0 Å². The van der Waals surface area contributed by atoms with E-state index in [-0.39, 0.29) is 11.3 Å². The number of rotatable bonds is 5. The summed E-state index contributed by atoms with van der Waals surface area (Å²) in [5, 5.41) is 16.7. The Labute approximate surface area is 182 Å². The van der Waals surface area contributed by atoms with Crippen molar-refractivity contribution in [1.82, 2.24) is 5.32 Å². The molecule has 2 N–H and O–H groups in total. The van der Waals surface area contributed by atoms with Crippen molar-refractivity contribution < 1.29 is 19.2 Å². The normalized spacial score (nSPS) is 15.0. The number of para-hydroxylation sites is 1. The average Bonchev–Trinajstić information content (AvgIpc) is 2.95. The smallest absolute Gasteiger partial charge is 0.282 e. The summed E-state index contributed by atoms with van der Waals surface area (Å²) >= 11 is 0. The third-order valence-electron chi connectivity index (χ3n) is 4.91. The number of methoxy groups -OCH3 is 1. The van der Waals surface area contributed by atoms with Crippen molar-refractivity contribution in [2.24, 2.45) is 4.99 Å². The first-order chi connectivity index (χ1) is 15.5. The minimum Gasteiger partial charge on any atom is -0.497 e. The van der Waals surface area contributed by atoms with E-state index in [9.17, 15) is 19.7 Å². The summed E-state index contributed by atoms with van der Waals surface area (Å²) in [5.74, 6) is -1.12. The highest BCUT2D eigenvalue weighted by molar-refractivity contribution is 6.20. The van der Waals surface area contributed by atoms with E-state index in [1.807, 2.05) is 42.5 Å². The van der Waals surface area contributed by atoms with Gasteiger partial charge >= 0.3 is 0 Å². The summed E-state index contributed by atoms with van der Waals surface area (Å²) in [6, 6.07) is 20.2. The van der Waals surface area contributed by atoms with E-state index >= 15 is 0 Å². The van der Waals surface area contributed by atoms with Gasteiger partial charge in [0.15, 0.2) is 0 Å². The Hall–Kier alpha value is -4.53. The van der Waals surface area contributed by atoms with E-state index in [1.165, 1.54) is 25.3 Å². The van der Waals surface area contributed by atoms with Crippen molar-refractivity contribution in [3.8, 4) is 5.75 Å². The second-order valence-corrected chi connectivity index (χ2v) is 6.89. The number of nitro groups is 1. The number of benzene rings is 3. The summed E-state index contributed by atoms with van der Waals surface area (Å²) < 4.78 is 5.08. The topological polar surface area (TPSA) is 123 Å². The molecule has 4 rings (SSSR count). The molecule has 9 nitrogen and oxygen atoms in total. The zero-order chi connectivity index (χ0) is 22.7. The molecule has 0 fully saturated rings. The van der Waals surface area contributed by atoms with E-state index < -0.39 is 28.6 Å². The fraction of sp³-hybridized carbons (Fsp3) is 0.0870. The van der Waals surface area contributed by atoms with Gasteiger partial charge in [0, 0.05) is 17.2 Å². The van der Waals surface area contributed by atoms with Crippen LogP contribution in [0.1, 0.15) is 21.5 Å². The number of nitrogens with one attached hydrogen (secondary N) is 2. The maximum absolute atomic E-state index is 13.0. The molecule has 0 bridgehead atoms. The highest BCUT2D eigenvalue weighted by atomic mass is 16.6. The molecule has 0 aromatic heterocycles. The zero-order valence-corrected chi connectivity index (χ0v) is 16.9. The third kappa shape index (κ3) is 4.04. The van der Waals surface area contributed by atoms with Gasteiger partial charge in [-0.3, -0.25) is 19.7 Å². The molecule has 9 heteroatoms. The van der Waals surface area contributed by atoms with E-state index in [0.29, 0.717) is 17.0 Å². The Morgan fingerprint density at radius 2 is 1.81 bits per heavy atom. The molecule has 1 aliphatic heterocycles. The number of carbonyl (C=O) groups excluding carboxylic acids is 2. The van der Waals surface area contributed by atoms with Gasteiger partial charge in [-0.25, -0.2) is 4.99 Å². The van der Waals surface area contributed by atoms with E-state index in [2.05, 4.69) is 15.6 Å². The minimum absolute atomic E-state index is 0.236. The van der Waals surface area contributed by atoms with Crippen LogP contribution < -0.4 is 15.4 Å². The molecule has 32 heavy (non-hydrogen) atoms. The Morgan fingerprint density at radius 3 is 2.53 bits per heavy atom. The molecule has 1 aliphatic rings. The van der Waals surface area contributed by atoms with Gasteiger partial charge in [-0.2, -0.15) is 0 Å². The zero-order valence-electron chi connectivity index (χ0n) is 16.9. The molecule has 1 unspecified atom stereocenters. The van der Waals surface area contributed by atoms with Crippen LogP contribution in [0.25, 0.3) is 0 Å². The number of hydrogen-bond donors (Lipinski definition) is 2. The second kappa shape index (κ2) is 8.68. The molecule has 160 valence electrons. The SMILES string of the molecule is COc1ccc([N+](=O)[O-])c(C(=O)NC2N=C(c3ccccc3)c3ccccc3NC2=O)c1. The van der Waals surface area contributed by atoms with Crippen molar-refractivity contribution in [3.63, 3.8) is 0 Å². The van der Waals surface area contributed by atoms with Crippen LogP contribution in [0.4, 0.5) is 11.4 Å². The highest BCUT2D eigenvalue weighted by Crippen LogP contribution is 2.26. The first-order valence-corrected chi connectivity index (χ1v) is 9.64. The number of nitrogens with zero attached hydrogens (tertiary/aromatic N) is 2. The lowest BCUT2D eigenvalue weighted by Gasteiger charge is -2.14. The monoisotopic (exact) mass is 430 g/mol. The molecule has 1 atom stereocenters. The van der Waals surface area contributed by atoms with Crippen molar-refractivity contribution in [3.05, 3.63) is 99.6 Å². The standard InChI is InChI=1S/C23H18N4O5/c1-32-15-11-12-19(27(30)31)17(13-15)22(28)26-21-23(29)24-18-10-6-5-9-16(18)20(25-21)14-7-3-2-4-8-14/h2-13,21H,1H3,(H,24,29)(H,26,28). The number of hydrogen-bond acceptors (Lipinski definition) is 6. The molecule has 3 aromatic carbocycles. The van der Waals surface area contributed by atoms with Crippen LogP contribution in [0, 0.1) is 10.1 Å². The number of carbonyl (C=O) groups is 2. The number of amides is 2. The van der Waals surface area contributed by atoms with Crippen LogP contribution in [-0.4, -0.2) is 35.7 Å². The lowest BCUT2D eigenvalue weighted by atomic mass is 10.0. The molecular formula is C23H18N4O5. The Kier molecular flexibility index (Phi) is 5.63. The summed E-state index contributed by atoms with van der Waals surface area (Å²) in [5.41, 5.74) is 1.85. The van der Waals surface area contributed by atoms with Crippen LogP contribution in [0.2, 0.25) is 0 Å². The summed E-state index contributed by atoms with van der Waals surface area (Å²) in [7, 11) is 1.38. The lowest BCUT2D eigenvalue weighted by Crippen LogP contribution is -2.42. The first-order valence-electron chi connectivity index (χ1n) is 9.64. The number of anilines is 1. The summed E-state index contributed by atoms with van der Waals surface area (Å²) in [6.07, 6.45) is -1.31. The van der Waals surface area contributed by atoms with Crippen molar-refractivity contribution in [2.45, 2.75) is 6.17 Å². The summed E-state index contributed by atoms with van der Waals surface area (Å²) in [6.45, 7) is 0. The second-order valence-electron chi connectivity index (χ2n) is 6.89. The fourth-order valence-electron chi connectivity index (χ4n) is 3.37. The number of ether oxygens (including phenoxy) is 1. The van der Waals surface area contributed by atoms with E-state index in [4.69, 9.17) is 4.74 Å². The minimum atomic E-state index is -1.31. The van der Waals surface area contributed by atoms with Crippen LogP contribution in [0.5, 0.6) is 5.75 Å². The van der Waals surface area contributed by atoms with Gasteiger partial charge in [0.2, 0.25) is 6.17 Å². The molecule has 0 spiro atoms.